The van der Waals surface area contributed by atoms with Crippen molar-refractivity contribution in [1.29, 1.82) is 0 Å². The summed E-state index contributed by atoms with van der Waals surface area (Å²) in [5, 5.41) is 10.1. The molecule has 18 heavy (non-hydrogen) atoms. The molecule has 0 aliphatic carbocycles. The quantitative estimate of drug-likeness (QED) is 0.884. The first-order chi connectivity index (χ1) is 8.34. The lowest BCUT2D eigenvalue weighted by Crippen LogP contribution is -2.15. The van der Waals surface area contributed by atoms with Crippen LogP contribution >= 0.6 is 0 Å². The Morgan fingerprint density at radius 3 is 2.50 bits per heavy atom. The average molecular weight is 248 g/mol. The number of hydrogen-bond acceptors (Lipinski definition) is 3. The van der Waals surface area contributed by atoms with E-state index < -0.39 is 5.97 Å². The van der Waals surface area contributed by atoms with Gasteiger partial charge in [0.05, 0.1) is 7.11 Å². The zero-order valence-corrected chi connectivity index (χ0v) is 10.9. The van der Waals surface area contributed by atoms with Gasteiger partial charge in [-0.2, -0.15) is 0 Å². The summed E-state index contributed by atoms with van der Waals surface area (Å²) in [6.45, 7) is 5.90. The van der Waals surface area contributed by atoms with E-state index in [4.69, 9.17) is 9.15 Å². The molecule has 1 aromatic carbocycles. The van der Waals surface area contributed by atoms with Gasteiger partial charge in [-0.1, -0.05) is 20.8 Å². The highest BCUT2D eigenvalue weighted by Crippen LogP contribution is 2.36. The topological polar surface area (TPSA) is 59.7 Å². The lowest BCUT2D eigenvalue weighted by molar-refractivity contribution is 0.0661. The summed E-state index contributed by atoms with van der Waals surface area (Å²) >= 11 is 0. The number of furan rings is 1. The van der Waals surface area contributed by atoms with Crippen LogP contribution in [0, 0.1) is 0 Å². The second-order valence-corrected chi connectivity index (χ2v) is 5.22. The maximum Gasteiger partial charge on any atom is 0.372 e. The Labute approximate surface area is 105 Å². The largest absolute Gasteiger partial charge is 0.497 e. The molecule has 0 radical (unpaired) electrons. The number of carboxylic acid groups (broad SMARTS) is 1. The van der Waals surface area contributed by atoms with Crippen molar-refractivity contribution < 1.29 is 19.1 Å². The molecule has 2 aromatic rings. The molecule has 0 saturated heterocycles. The van der Waals surface area contributed by atoms with Crippen molar-refractivity contribution in [1.82, 2.24) is 0 Å². The minimum Gasteiger partial charge on any atom is -0.497 e. The Bertz CT molecular complexity index is 602. The molecule has 0 unspecified atom stereocenters. The van der Waals surface area contributed by atoms with Gasteiger partial charge in [-0.15, -0.1) is 0 Å². The summed E-state index contributed by atoms with van der Waals surface area (Å²) in [5.41, 5.74) is 0.956. The predicted octanol–water partition coefficient (Wildman–Crippen LogP) is 3.44. The van der Waals surface area contributed by atoms with Gasteiger partial charge in [-0.05, 0) is 17.5 Å². The number of benzene rings is 1. The lowest BCUT2D eigenvalue weighted by atomic mass is 9.85. The van der Waals surface area contributed by atoms with Crippen molar-refractivity contribution >= 4 is 16.9 Å². The highest BCUT2D eigenvalue weighted by Gasteiger charge is 2.28. The molecule has 2 rings (SSSR count). The minimum absolute atomic E-state index is 0.00533. The van der Waals surface area contributed by atoms with Gasteiger partial charge < -0.3 is 14.3 Å². The van der Waals surface area contributed by atoms with Crippen LogP contribution < -0.4 is 4.74 Å². The molecule has 1 heterocycles. The summed E-state index contributed by atoms with van der Waals surface area (Å²) in [6.07, 6.45) is 0. The molecule has 0 atom stereocenters. The zero-order chi connectivity index (χ0) is 13.5. The number of fused-ring (bicyclic) bond motifs is 1. The Hall–Kier alpha value is -1.97. The van der Waals surface area contributed by atoms with E-state index >= 15 is 0 Å². The first-order valence-electron chi connectivity index (χ1n) is 5.69. The zero-order valence-electron chi connectivity index (χ0n) is 10.9. The van der Waals surface area contributed by atoms with Crippen molar-refractivity contribution in [2.75, 3.05) is 7.11 Å². The third kappa shape index (κ3) is 1.94. The Balaban J connectivity index is 2.80. The molecular formula is C14H16O4. The Morgan fingerprint density at radius 1 is 1.33 bits per heavy atom. The van der Waals surface area contributed by atoms with Crippen molar-refractivity contribution in [3.63, 3.8) is 0 Å². The molecule has 96 valence electrons. The molecule has 1 aromatic heterocycles. The number of methoxy groups -OCH3 is 1. The van der Waals surface area contributed by atoms with Crippen molar-refractivity contribution in [3.05, 3.63) is 29.5 Å². The summed E-state index contributed by atoms with van der Waals surface area (Å²) < 4.78 is 10.6. The molecule has 1 N–H and O–H groups in total. The summed E-state index contributed by atoms with van der Waals surface area (Å²) in [4.78, 5) is 11.3. The van der Waals surface area contributed by atoms with E-state index in [9.17, 15) is 9.90 Å². The van der Waals surface area contributed by atoms with Crippen LogP contribution in [-0.2, 0) is 5.41 Å². The normalized spacial score (nSPS) is 11.8. The van der Waals surface area contributed by atoms with Gasteiger partial charge in [-0.3, -0.25) is 0 Å². The van der Waals surface area contributed by atoms with E-state index in [1.54, 1.807) is 19.2 Å². The highest BCUT2D eigenvalue weighted by atomic mass is 16.5. The number of carbonyl (C=O) groups is 1. The first kappa shape index (κ1) is 12.5. The van der Waals surface area contributed by atoms with E-state index in [1.807, 2.05) is 26.8 Å². The van der Waals surface area contributed by atoms with Crippen LogP contribution in [-0.4, -0.2) is 18.2 Å². The fourth-order valence-corrected chi connectivity index (χ4v) is 2.10. The second-order valence-electron chi connectivity index (χ2n) is 5.22. The number of ether oxygens (including phenoxy) is 1. The van der Waals surface area contributed by atoms with Crippen LogP contribution in [0.15, 0.2) is 22.6 Å². The van der Waals surface area contributed by atoms with E-state index in [0.717, 1.165) is 5.39 Å². The summed E-state index contributed by atoms with van der Waals surface area (Å²) in [7, 11) is 1.56. The molecular weight excluding hydrogens is 232 g/mol. The Kier molecular flexibility index (Phi) is 2.81. The molecule has 0 amide bonds. The molecule has 0 spiro atoms. The lowest BCUT2D eigenvalue weighted by Gasteiger charge is -2.17. The van der Waals surface area contributed by atoms with Crippen LogP contribution in [0.2, 0.25) is 0 Å². The van der Waals surface area contributed by atoms with Crippen molar-refractivity contribution in [3.8, 4) is 5.75 Å². The first-order valence-corrected chi connectivity index (χ1v) is 5.69. The number of rotatable bonds is 2. The van der Waals surface area contributed by atoms with Crippen LogP contribution in [0.1, 0.15) is 36.9 Å². The van der Waals surface area contributed by atoms with Crippen LogP contribution in [0.4, 0.5) is 0 Å². The second kappa shape index (κ2) is 4.05. The third-order valence-corrected chi connectivity index (χ3v) is 2.84. The summed E-state index contributed by atoms with van der Waals surface area (Å²) in [5.74, 6) is -0.394. The highest BCUT2D eigenvalue weighted by molar-refractivity contribution is 5.96. The molecule has 0 bridgehead atoms. The van der Waals surface area contributed by atoms with E-state index in [-0.39, 0.29) is 11.2 Å². The van der Waals surface area contributed by atoms with E-state index in [0.29, 0.717) is 16.9 Å². The van der Waals surface area contributed by atoms with Gasteiger partial charge in [0.25, 0.3) is 0 Å². The van der Waals surface area contributed by atoms with Gasteiger partial charge in [0.15, 0.2) is 0 Å². The maximum absolute atomic E-state index is 11.3. The van der Waals surface area contributed by atoms with Crippen molar-refractivity contribution in [2.45, 2.75) is 26.2 Å². The molecule has 0 aliphatic rings. The van der Waals surface area contributed by atoms with Crippen LogP contribution in [0.3, 0.4) is 0 Å². The van der Waals surface area contributed by atoms with Gasteiger partial charge in [0.2, 0.25) is 5.76 Å². The average Bonchev–Trinajstić information content (AvgIpc) is 2.66. The molecule has 4 heteroatoms. The number of aromatic carboxylic acids is 1. The Morgan fingerprint density at radius 2 is 2.00 bits per heavy atom. The monoisotopic (exact) mass is 248 g/mol. The SMILES string of the molecule is COc1ccc2c(C(C)(C)C)c(C(=O)O)oc2c1. The van der Waals surface area contributed by atoms with E-state index in [2.05, 4.69) is 0 Å². The van der Waals surface area contributed by atoms with Crippen LogP contribution in [0.5, 0.6) is 5.75 Å². The molecule has 0 aliphatic heterocycles. The fourth-order valence-electron chi connectivity index (χ4n) is 2.10. The fraction of sp³-hybridized carbons (Fsp3) is 0.357. The van der Waals surface area contributed by atoms with Gasteiger partial charge in [0, 0.05) is 17.0 Å². The third-order valence-electron chi connectivity index (χ3n) is 2.84. The van der Waals surface area contributed by atoms with E-state index in [1.165, 1.54) is 0 Å². The maximum atomic E-state index is 11.3. The smallest absolute Gasteiger partial charge is 0.372 e. The van der Waals surface area contributed by atoms with Crippen molar-refractivity contribution in [2.24, 2.45) is 0 Å². The van der Waals surface area contributed by atoms with Crippen LogP contribution in [0.25, 0.3) is 11.0 Å². The predicted molar refractivity (Wildman–Crippen MR) is 68.4 cm³/mol. The van der Waals surface area contributed by atoms with Gasteiger partial charge in [-0.25, -0.2) is 4.79 Å². The summed E-state index contributed by atoms with van der Waals surface area (Å²) in [6, 6.07) is 5.35. The number of carboxylic acids is 1. The molecule has 4 nitrogen and oxygen atoms in total. The molecule has 0 fully saturated rings. The standard InChI is InChI=1S/C14H16O4/c1-14(2,3)11-9-6-5-8(17-4)7-10(9)18-12(11)13(15)16/h5-7H,1-4H3,(H,15,16). The number of hydrogen-bond donors (Lipinski definition) is 1. The molecule has 0 saturated carbocycles. The van der Waals surface area contributed by atoms with Gasteiger partial charge in [0.1, 0.15) is 11.3 Å². The van der Waals surface area contributed by atoms with Gasteiger partial charge >= 0.3 is 5.97 Å². The minimum atomic E-state index is -1.05.